The van der Waals surface area contributed by atoms with Crippen LogP contribution in [0.2, 0.25) is 0 Å². The van der Waals surface area contributed by atoms with Crippen molar-refractivity contribution in [3.05, 3.63) is 0 Å². The van der Waals surface area contributed by atoms with Gasteiger partial charge in [0.05, 0.1) is 18.8 Å². The van der Waals surface area contributed by atoms with Crippen molar-refractivity contribution in [3.63, 3.8) is 0 Å². The molecular weight excluding hydrogens is 206 g/mol. The summed E-state index contributed by atoms with van der Waals surface area (Å²) in [7, 11) is 3.40. The van der Waals surface area contributed by atoms with E-state index in [4.69, 9.17) is 9.47 Å². The van der Waals surface area contributed by atoms with E-state index in [1.807, 2.05) is 0 Å². The summed E-state index contributed by atoms with van der Waals surface area (Å²) in [6, 6.07) is 0.598. The topological polar surface area (TPSA) is 50.7 Å². The first-order chi connectivity index (χ1) is 7.76. The highest BCUT2D eigenvalue weighted by Crippen LogP contribution is 2.20. The van der Waals surface area contributed by atoms with Crippen molar-refractivity contribution in [2.75, 3.05) is 27.4 Å². The number of aliphatic hydroxyl groups is 1. The van der Waals surface area contributed by atoms with Gasteiger partial charge in [-0.25, -0.2) is 0 Å². The number of methoxy groups -OCH3 is 2. The Balaban J connectivity index is 2.02. The number of hydrogen-bond donors (Lipinski definition) is 2. The highest BCUT2D eigenvalue weighted by atomic mass is 16.5. The van der Waals surface area contributed by atoms with Crippen LogP contribution < -0.4 is 5.32 Å². The fourth-order valence-corrected chi connectivity index (χ4v) is 2.23. The average Bonchev–Trinajstić information content (AvgIpc) is 2.30. The van der Waals surface area contributed by atoms with Gasteiger partial charge < -0.3 is 19.9 Å². The standard InChI is InChI=1S/C12H25NO3/c1-15-9-11(14)7-8-13-10-3-5-12(16-2)6-4-10/h10-14H,3-9H2,1-2H3. The fraction of sp³-hybridized carbons (Fsp3) is 1.00. The molecule has 0 aromatic heterocycles. The Labute approximate surface area is 98.3 Å². The summed E-state index contributed by atoms with van der Waals surface area (Å²) < 4.78 is 10.2. The fourth-order valence-electron chi connectivity index (χ4n) is 2.23. The van der Waals surface area contributed by atoms with Crippen LogP contribution in [0.15, 0.2) is 0 Å². The molecule has 2 N–H and O–H groups in total. The summed E-state index contributed by atoms with van der Waals surface area (Å²) in [5, 5.41) is 13.0. The van der Waals surface area contributed by atoms with Gasteiger partial charge >= 0.3 is 0 Å². The Morgan fingerprint density at radius 1 is 1.25 bits per heavy atom. The van der Waals surface area contributed by atoms with Gasteiger partial charge in [-0.15, -0.1) is 0 Å². The Kier molecular flexibility index (Phi) is 6.96. The van der Waals surface area contributed by atoms with E-state index >= 15 is 0 Å². The third-order valence-electron chi connectivity index (χ3n) is 3.28. The van der Waals surface area contributed by atoms with Crippen LogP contribution in [0, 0.1) is 0 Å². The molecule has 4 nitrogen and oxygen atoms in total. The summed E-state index contributed by atoms with van der Waals surface area (Å²) in [6.45, 7) is 1.30. The van der Waals surface area contributed by atoms with Crippen LogP contribution >= 0.6 is 0 Å². The average molecular weight is 231 g/mol. The number of hydrogen-bond acceptors (Lipinski definition) is 4. The van der Waals surface area contributed by atoms with Gasteiger partial charge in [-0.05, 0) is 38.6 Å². The maximum absolute atomic E-state index is 9.47. The van der Waals surface area contributed by atoms with Crippen molar-refractivity contribution in [1.82, 2.24) is 5.32 Å². The molecule has 1 aliphatic carbocycles. The Hall–Kier alpha value is -0.160. The van der Waals surface area contributed by atoms with E-state index < -0.39 is 0 Å². The van der Waals surface area contributed by atoms with Gasteiger partial charge in [0.1, 0.15) is 0 Å². The molecule has 1 aliphatic rings. The minimum Gasteiger partial charge on any atom is -0.391 e. The van der Waals surface area contributed by atoms with E-state index in [0.717, 1.165) is 25.8 Å². The number of aliphatic hydroxyl groups excluding tert-OH is 1. The van der Waals surface area contributed by atoms with Gasteiger partial charge in [0.25, 0.3) is 0 Å². The van der Waals surface area contributed by atoms with Crippen molar-refractivity contribution in [1.29, 1.82) is 0 Å². The van der Waals surface area contributed by atoms with E-state index in [1.165, 1.54) is 12.8 Å². The summed E-state index contributed by atoms with van der Waals surface area (Å²) in [5.41, 5.74) is 0. The van der Waals surface area contributed by atoms with Crippen LogP contribution in [0.3, 0.4) is 0 Å². The maximum Gasteiger partial charge on any atom is 0.0785 e. The van der Waals surface area contributed by atoms with Crippen LogP contribution in [0.25, 0.3) is 0 Å². The van der Waals surface area contributed by atoms with Gasteiger partial charge in [0.2, 0.25) is 0 Å². The monoisotopic (exact) mass is 231 g/mol. The van der Waals surface area contributed by atoms with Crippen LogP contribution in [-0.2, 0) is 9.47 Å². The molecule has 0 amide bonds. The second-order valence-corrected chi connectivity index (χ2v) is 4.56. The minimum atomic E-state index is -0.340. The summed E-state index contributed by atoms with van der Waals surface area (Å²) in [4.78, 5) is 0. The van der Waals surface area contributed by atoms with Crippen molar-refractivity contribution < 1.29 is 14.6 Å². The third kappa shape index (κ3) is 5.25. The molecule has 1 unspecified atom stereocenters. The molecule has 1 saturated carbocycles. The second-order valence-electron chi connectivity index (χ2n) is 4.56. The zero-order valence-electron chi connectivity index (χ0n) is 10.4. The van der Waals surface area contributed by atoms with Crippen molar-refractivity contribution in [2.45, 2.75) is 50.4 Å². The molecule has 96 valence electrons. The van der Waals surface area contributed by atoms with Crippen molar-refractivity contribution in [2.24, 2.45) is 0 Å². The molecule has 0 aromatic carbocycles. The number of nitrogens with one attached hydrogen (secondary N) is 1. The smallest absolute Gasteiger partial charge is 0.0785 e. The minimum absolute atomic E-state index is 0.340. The third-order valence-corrected chi connectivity index (χ3v) is 3.28. The van der Waals surface area contributed by atoms with E-state index in [9.17, 15) is 5.11 Å². The SMILES string of the molecule is COCC(O)CCNC1CCC(OC)CC1. The van der Waals surface area contributed by atoms with Crippen LogP contribution in [0.5, 0.6) is 0 Å². The lowest BCUT2D eigenvalue weighted by Gasteiger charge is -2.28. The molecule has 4 heteroatoms. The lowest BCUT2D eigenvalue weighted by atomic mass is 9.93. The summed E-state index contributed by atoms with van der Waals surface area (Å²) in [6.07, 6.45) is 5.53. The molecule has 16 heavy (non-hydrogen) atoms. The van der Waals surface area contributed by atoms with E-state index in [-0.39, 0.29) is 6.10 Å². The molecule has 0 heterocycles. The molecule has 0 radical (unpaired) electrons. The first-order valence-electron chi connectivity index (χ1n) is 6.19. The first-order valence-corrected chi connectivity index (χ1v) is 6.19. The van der Waals surface area contributed by atoms with E-state index in [2.05, 4.69) is 5.32 Å². The van der Waals surface area contributed by atoms with Gasteiger partial charge in [-0.3, -0.25) is 0 Å². The van der Waals surface area contributed by atoms with Crippen LogP contribution in [0.1, 0.15) is 32.1 Å². The Morgan fingerprint density at radius 3 is 2.50 bits per heavy atom. The normalized spacial score (nSPS) is 27.9. The van der Waals surface area contributed by atoms with E-state index in [0.29, 0.717) is 18.8 Å². The van der Waals surface area contributed by atoms with E-state index in [1.54, 1.807) is 14.2 Å². The number of ether oxygens (including phenoxy) is 2. The molecule has 0 aromatic rings. The highest BCUT2D eigenvalue weighted by Gasteiger charge is 2.20. The first kappa shape index (κ1) is 13.9. The molecule has 0 spiro atoms. The molecule has 1 fully saturated rings. The lowest BCUT2D eigenvalue weighted by Crippen LogP contribution is -2.36. The van der Waals surface area contributed by atoms with Crippen LogP contribution in [-0.4, -0.2) is 50.7 Å². The highest BCUT2D eigenvalue weighted by molar-refractivity contribution is 4.77. The quantitative estimate of drug-likeness (QED) is 0.684. The zero-order chi connectivity index (χ0) is 11.8. The number of rotatable bonds is 7. The van der Waals surface area contributed by atoms with Gasteiger partial charge in [-0.2, -0.15) is 0 Å². The van der Waals surface area contributed by atoms with Gasteiger partial charge in [0, 0.05) is 20.3 Å². The molecule has 0 bridgehead atoms. The molecular formula is C12H25NO3. The van der Waals surface area contributed by atoms with Crippen molar-refractivity contribution >= 4 is 0 Å². The summed E-state index contributed by atoms with van der Waals surface area (Å²) in [5.74, 6) is 0. The second kappa shape index (κ2) is 8.01. The Morgan fingerprint density at radius 2 is 1.94 bits per heavy atom. The maximum atomic E-state index is 9.47. The predicted octanol–water partition coefficient (Wildman–Crippen LogP) is 0.931. The van der Waals surface area contributed by atoms with Gasteiger partial charge in [-0.1, -0.05) is 0 Å². The molecule has 0 aliphatic heterocycles. The van der Waals surface area contributed by atoms with Gasteiger partial charge in [0.15, 0.2) is 0 Å². The Bertz CT molecular complexity index is 170. The van der Waals surface area contributed by atoms with Crippen molar-refractivity contribution in [3.8, 4) is 0 Å². The molecule has 1 atom stereocenters. The van der Waals surface area contributed by atoms with Crippen LogP contribution in [0.4, 0.5) is 0 Å². The zero-order valence-corrected chi connectivity index (χ0v) is 10.4. The predicted molar refractivity (Wildman–Crippen MR) is 63.6 cm³/mol. The lowest BCUT2D eigenvalue weighted by molar-refractivity contribution is 0.0532. The molecule has 0 saturated heterocycles. The largest absolute Gasteiger partial charge is 0.391 e. The molecule has 1 rings (SSSR count). The summed E-state index contributed by atoms with van der Waals surface area (Å²) >= 11 is 0.